The van der Waals surface area contributed by atoms with E-state index >= 15 is 0 Å². The van der Waals surface area contributed by atoms with E-state index < -0.39 is 0 Å². The summed E-state index contributed by atoms with van der Waals surface area (Å²) < 4.78 is 0.219. The summed E-state index contributed by atoms with van der Waals surface area (Å²) in [5.41, 5.74) is 3.15. The molecule has 0 nitrogen and oxygen atoms in total. The summed E-state index contributed by atoms with van der Waals surface area (Å²) in [6, 6.07) is 9.22. The smallest absolute Gasteiger partial charge is 0.0414 e. The minimum atomic E-state index is 0.219. The first-order valence-corrected chi connectivity index (χ1v) is 8.04. The second-order valence-electron chi connectivity index (χ2n) is 6.65. The van der Waals surface area contributed by atoms with Crippen LogP contribution in [0.1, 0.15) is 65.5 Å². The summed E-state index contributed by atoms with van der Waals surface area (Å²) in [6.45, 7) is 13.9. The van der Waals surface area contributed by atoms with E-state index in [1.54, 1.807) is 0 Å². The van der Waals surface area contributed by atoms with Crippen molar-refractivity contribution in [2.45, 2.75) is 63.2 Å². The minimum absolute atomic E-state index is 0.219. The third kappa shape index (κ3) is 4.25. The molecule has 0 bridgehead atoms. The second kappa shape index (κ2) is 5.94. The maximum absolute atomic E-state index is 2.50. The number of rotatable bonds is 5. The molecule has 0 aliphatic rings. The maximum atomic E-state index is 2.50. The third-order valence-corrected chi connectivity index (χ3v) is 4.53. The maximum Gasteiger partial charge on any atom is 0.0414 e. The van der Waals surface area contributed by atoms with Gasteiger partial charge in [0.05, 0.1) is 0 Å². The van der Waals surface area contributed by atoms with Gasteiger partial charge in [-0.05, 0) is 42.7 Å². The van der Waals surface area contributed by atoms with Crippen LogP contribution in [0, 0.1) is 5.92 Å². The molecule has 1 aromatic rings. The van der Waals surface area contributed by atoms with Crippen LogP contribution >= 0.6 is 22.6 Å². The van der Waals surface area contributed by atoms with E-state index in [-0.39, 0.29) is 8.84 Å². The lowest BCUT2D eigenvalue weighted by molar-refractivity contribution is 0.372. The molecule has 1 aromatic carbocycles. The number of halogens is 1. The summed E-state index contributed by atoms with van der Waals surface area (Å²) >= 11 is 2.50. The lowest BCUT2D eigenvalue weighted by Crippen LogP contribution is -2.20. The highest BCUT2D eigenvalue weighted by atomic mass is 127. The van der Waals surface area contributed by atoms with Gasteiger partial charge in [0, 0.05) is 3.42 Å². The molecule has 0 aromatic heterocycles. The van der Waals surface area contributed by atoms with Crippen LogP contribution < -0.4 is 0 Å². The zero-order chi connectivity index (χ0) is 14.0. The van der Waals surface area contributed by atoms with Gasteiger partial charge in [0.25, 0.3) is 0 Å². The van der Waals surface area contributed by atoms with Crippen molar-refractivity contribution in [3.05, 3.63) is 35.4 Å². The van der Waals surface area contributed by atoms with Gasteiger partial charge in [-0.3, -0.25) is 0 Å². The molecule has 1 unspecified atom stereocenters. The molecule has 1 atom stereocenters. The van der Waals surface area contributed by atoms with Gasteiger partial charge in [0.2, 0.25) is 0 Å². The van der Waals surface area contributed by atoms with Crippen LogP contribution in [-0.4, -0.2) is 0 Å². The van der Waals surface area contributed by atoms with Crippen molar-refractivity contribution in [1.82, 2.24) is 0 Å². The van der Waals surface area contributed by atoms with Gasteiger partial charge in [-0.1, -0.05) is 81.0 Å². The first kappa shape index (κ1) is 16.0. The van der Waals surface area contributed by atoms with Crippen molar-refractivity contribution in [2.24, 2.45) is 5.92 Å². The van der Waals surface area contributed by atoms with Crippen molar-refractivity contribution < 1.29 is 0 Å². The molecular formula is C17H27I. The molecule has 0 radical (unpaired) electrons. The van der Waals surface area contributed by atoms with Crippen LogP contribution in [0.15, 0.2) is 24.3 Å². The number of hydrogen-bond donors (Lipinski definition) is 0. The van der Waals surface area contributed by atoms with Gasteiger partial charge in [0.15, 0.2) is 0 Å². The SMILES string of the molecule is CCC(C)CC(C)(C)c1ccc(C(C)(C)I)cc1. The molecule has 0 saturated heterocycles. The molecule has 0 fully saturated rings. The first-order chi connectivity index (χ1) is 8.16. The van der Waals surface area contributed by atoms with E-state index in [1.807, 2.05) is 0 Å². The molecule has 102 valence electrons. The Kier molecular flexibility index (Phi) is 5.28. The second-order valence-corrected chi connectivity index (χ2v) is 9.35. The van der Waals surface area contributed by atoms with Gasteiger partial charge in [-0.25, -0.2) is 0 Å². The van der Waals surface area contributed by atoms with E-state index in [2.05, 4.69) is 88.4 Å². The standard InChI is InChI=1S/C17H27I/c1-7-13(2)12-16(3,4)14-8-10-15(11-9-14)17(5,6)18/h8-11,13H,7,12H2,1-6H3. The van der Waals surface area contributed by atoms with Gasteiger partial charge in [-0.15, -0.1) is 0 Å². The summed E-state index contributed by atoms with van der Waals surface area (Å²) in [5, 5.41) is 0. The molecule has 0 aliphatic carbocycles. The molecule has 18 heavy (non-hydrogen) atoms. The monoisotopic (exact) mass is 358 g/mol. The van der Waals surface area contributed by atoms with Gasteiger partial charge < -0.3 is 0 Å². The number of hydrogen-bond acceptors (Lipinski definition) is 0. The lowest BCUT2D eigenvalue weighted by Gasteiger charge is -2.29. The Labute approximate surface area is 127 Å². The van der Waals surface area contributed by atoms with E-state index in [1.165, 1.54) is 24.0 Å². The molecule has 0 amide bonds. The van der Waals surface area contributed by atoms with Crippen molar-refractivity contribution in [2.75, 3.05) is 0 Å². The van der Waals surface area contributed by atoms with Gasteiger partial charge >= 0.3 is 0 Å². The Balaban J connectivity index is 2.90. The summed E-state index contributed by atoms with van der Waals surface area (Å²) in [4.78, 5) is 0. The highest BCUT2D eigenvalue weighted by molar-refractivity contribution is 14.1. The average molecular weight is 358 g/mol. The third-order valence-electron chi connectivity index (χ3n) is 3.91. The fourth-order valence-corrected chi connectivity index (χ4v) is 2.81. The highest BCUT2D eigenvalue weighted by Gasteiger charge is 2.23. The van der Waals surface area contributed by atoms with Crippen molar-refractivity contribution >= 4 is 22.6 Å². The van der Waals surface area contributed by atoms with E-state index in [4.69, 9.17) is 0 Å². The summed E-state index contributed by atoms with van der Waals surface area (Å²) in [5.74, 6) is 0.792. The fraction of sp³-hybridized carbons (Fsp3) is 0.647. The molecule has 0 saturated carbocycles. The molecule has 1 heteroatoms. The Hall–Kier alpha value is -0.0500. The summed E-state index contributed by atoms with van der Waals surface area (Å²) in [6.07, 6.45) is 2.53. The van der Waals surface area contributed by atoms with E-state index in [0.717, 1.165) is 5.92 Å². The van der Waals surface area contributed by atoms with E-state index in [9.17, 15) is 0 Å². The van der Waals surface area contributed by atoms with Crippen molar-refractivity contribution in [1.29, 1.82) is 0 Å². The zero-order valence-electron chi connectivity index (χ0n) is 12.7. The molecule has 0 aliphatic heterocycles. The molecule has 0 N–H and O–H groups in total. The van der Waals surface area contributed by atoms with Crippen LogP contribution in [-0.2, 0) is 8.84 Å². The van der Waals surface area contributed by atoms with Crippen LogP contribution in [0.2, 0.25) is 0 Å². The number of alkyl halides is 1. The minimum Gasteiger partial charge on any atom is -0.0743 e. The predicted molar refractivity (Wildman–Crippen MR) is 90.6 cm³/mol. The van der Waals surface area contributed by atoms with Crippen LogP contribution in [0.3, 0.4) is 0 Å². The van der Waals surface area contributed by atoms with Crippen molar-refractivity contribution in [3.63, 3.8) is 0 Å². The zero-order valence-corrected chi connectivity index (χ0v) is 14.8. The fourth-order valence-electron chi connectivity index (χ4n) is 2.45. The average Bonchev–Trinajstić information content (AvgIpc) is 2.27. The van der Waals surface area contributed by atoms with E-state index in [0.29, 0.717) is 0 Å². The molecule has 0 heterocycles. The van der Waals surface area contributed by atoms with Crippen LogP contribution in [0.5, 0.6) is 0 Å². The predicted octanol–water partition coefficient (Wildman–Crippen LogP) is 6.07. The Morgan fingerprint density at radius 2 is 1.44 bits per heavy atom. The topological polar surface area (TPSA) is 0 Å². The van der Waals surface area contributed by atoms with Crippen LogP contribution in [0.4, 0.5) is 0 Å². The van der Waals surface area contributed by atoms with Gasteiger partial charge in [0.1, 0.15) is 0 Å². The quantitative estimate of drug-likeness (QED) is 0.443. The molecule has 0 spiro atoms. The van der Waals surface area contributed by atoms with Crippen molar-refractivity contribution in [3.8, 4) is 0 Å². The normalized spacial score (nSPS) is 14.6. The lowest BCUT2D eigenvalue weighted by atomic mass is 9.76. The Morgan fingerprint density at radius 1 is 1.00 bits per heavy atom. The Bertz CT molecular complexity index is 368. The largest absolute Gasteiger partial charge is 0.0743 e. The summed E-state index contributed by atoms with van der Waals surface area (Å²) in [7, 11) is 0. The van der Waals surface area contributed by atoms with Crippen LogP contribution in [0.25, 0.3) is 0 Å². The molecular weight excluding hydrogens is 331 g/mol. The first-order valence-electron chi connectivity index (χ1n) is 6.96. The van der Waals surface area contributed by atoms with Gasteiger partial charge in [-0.2, -0.15) is 0 Å². The number of benzene rings is 1. The Morgan fingerprint density at radius 3 is 1.83 bits per heavy atom. The molecule has 1 rings (SSSR count). The highest BCUT2D eigenvalue weighted by Crippen LogP contribution is 2.35.